The van der Waals surface area contributed by atoms with Crippen molar-refractivity contribution in [3.63, 3.8) is 0 Å². The first-order valence-electron chi connectivity index (χ1n) is 9.31. The third kappa shape index (κ3) is 4.33. The van der Waals surface area contributed by atoms with Crippen LogP contribution >= 0.6 is 11.8 Å². The van der Waals surface area contributed by atoms with E-state index in [2.05, 4.69) is 26.0 Å². The number of carbonyl (C=O) groups excluding carboxylic acids is 1. The summed E-state index contributed by atoms with van der Waals surface area (Å²) in [6, 6.07) is 11.4. The molecule has 1 aliphatic heterocycles. The van der Waals surface area contributed by atoms with Crippen molar-refractivity contribution >= 4 is 28.4 Å². The smallest absolute Gasteiger partial charge is 0.182 e. The number of ether oxygens (including phenoxy) is 2. The van der Waals surface area contributed by atoms with Crippen LogP contribution in [-0.2, 0) is 0 Å². The Morgan fingerprint density at radius 2 is 1.93 bits per heavy atom. The number of amidine groups is 1. The summed E-state index contributed by atoms with van der Waals surface area (Å²) in [6.07, 6.45) is 1.07. The van der Waals surface area contributed by atoms with Gasteiger partial charge in [0, 0.05) is 23.5 Å². The first-order chi connectivity index (χ1) is 13.5. The van der Waals surface area contributed by atoms with E-state index in [4.69, 9.17) is 14.5 Å². The van der Waals surface area contributed by atoms with Crippen molar-refractivity contribution in [1.82, 2.24) is 0 Å². The predicted molar refractivity (Wildman–Crippen MR) is 117 cm³/mol. The van der Waals surface area contributed by atoms with Crippen LogP contribution in [0.2, 0.25) is 0 Å². The van der Waals surface area contributed by atoms with E-state index in [0.717, 1.165) is 35.1 Å². The molecule has 5 nitrogen and oxygen atoms in total. The Bertz CT molecular complexity index is 895. The molecule has 0 radical (unpaired) electrons. The van der Waals surface area contributed by atoms with Gasteiger partial charge in [0.05, 0.1) is 20.8 Å². The van der Waals surface area contributed by atoms with Crippen LogP contribution in [0.15, 0.2) is 41.4 Å². The minimum atomic E-state index is 0.00994. The molecule has 0 aromatic heterocycles. The van der Waals surface area contributed by atoms with E-state index >= 15 is 0 Å². The molecule has 1 aliphatic rings. The number of nitrogens with zero attached hydrogens (tertiary/aromatic N) is 2. The van der Waals surface area contributed by atoms with Crippen LogP contribution in [0.25, 0.3) is 0 Å². The molecule has 0 N–H and O–H groups in total. The van der Waals surface area contributed by atoms with Crippen LogP contribution < -0.4 is 14.4 Å². The third-order valence-electron chi connectivity index (χ3n) is 4.89. The monoisotopic (exact) mass is 398 g/mol. The molecule has 2 aromatic carbocycles. The number of methoxy groups -OCH3 is 2. The molecule has 3 rings (SSSR count). The SMILES string of the molecule is COc1ccc(C(=O)CN(C2=NCCCS2)c2cccc(C)c2C)cc1OC. The van der Waals surface area contributed by atoms with Gasteiger partial charge >= 0.3 is 0 Å². The van der Waals surface area contributed by atoms with E-state index in [1.165, 1.54) is 5.56 Å². The summed E-state index contributed by atoms with van der Waals surface area (Å²) in [5.74, 6) is 2.19. The van der Waals surface area contributed by atoms with Crippen LogP contribution in [0.5, 0.6) is 11.5 Å². The van der Waals surface area contributed by atoms with Gasteiger partial charge in [0.25, 0.3) is 0 Å². The highest BCUT2D eigenvalue weighted by molar-refractivity contribution is 8.14. The molecule has 6 heteroatoms. The van der Waals surface area contributed by atoms with Crippen LogP contribution in [0.4, 0.5) is 5.69 Å². The topological polar surface area (TPSA) is 51.1 Å². The lowest BCUT2D eigenvalue weighted by molar-refractivity contribution is 0.100. The van der Waals surface area contributed by atoms with E-state index in [0.29, 0.717) is 17.1 Å². The van der Waals surface area contributed by atoms with Crippen LogP contribution in [0, 0.1) is 13.8 Å². The molecule has 0 atom stereocenters. The Hall–Kier alpha value is -2.47. The van der Waals surface area contributed by atoms with Gasteiger partial charge in [-0.15, -0.1) is 0 Å². The zero-order chi connectivity index (χ0) is 20.1. The Kier molecular flexibility index (Phi) is 6.62. The molecular formula is C22H26N2O3S. The molecule has 0 fully saturated rings. The highest BCUT2D eigenvalue weighted by Gasteiger charge is 2.23. The Morgan fingerprint density at radius 1 is 1.14 bits per heavy atom. The van der Waals surface area contributed by atoms with Gasteiger partial charge in [-0.05, 0) is 55.7 Å². The highest BCUT2D eigenvalue weighted by atomic mass is 32.2. The molecule has 0 bridgehead atoms. The number of rotatable bonds is 6. The highest BCUT2D eigenvalue weighted by Crippen LogP contribution is 2.30. The molecule has 28 heavy (non-hydrogen) atoms. The Labute approximate surface area is 170 Å². The van der Waals surface area contributed by atoms with E-state index < -0.39 is 0 Å². The molecule has 0 saturated carbocycles. The number of aryl methyl sites for hydroxylation is 1. The van der Waals surface area contributed by atoms with Crippen molar-refractivity contribution in [2.45, 2.75) is 20.3 Å². The zero-order valence-electron chi connectivity index (χ0n) is 16.8. The van der Waals surface area contributed by atoms with Gasteiger partial charge in [0.2, 0.25) is 0 Å². The lowest BCUT2D eigenvalue weighted by Crippen LogP contribution is -2.36. The van der Waals surface area contributed by atoms with Crippen molar-refractivity contribution in [3.8, 4) is 11.5 Å². The molecule has 0 unspecified atom stereocenters. The van der Waals surface area contributed by atoms with Crippen LogP contribution in [-0.4, -0.2) is 44.0 Å². The minimum Gasteiger partial charge on any atom is -0.493 e. The molecule has 0 aliphatic carbocycles. The van der Waals surface area contributed by atoms with Gasteiger partial charge in [-0.25, -0.2) is 0 Å². The summed E-state index contributed by atoms with van der Waals surface area (Å²) in [4.78, 5) is 19.9. The van der Waals surface area contributed by atoms with Crippen LogP contribution in [0.3, 0.4) is 0 Å². The summed E-state index contributed by atoms with van der Waals surface area (Å²) in [5.41, 5.74) is 3.98. The fraction of sp³-hybridized carbons (Fsp3) is 0.364. The largest absolute Gasteiger partial charge is 0.493 e. The maximum atomic E-state index is 13.1. The maximum Gasteiger partial charge on any atom is 0.182 e. The second kappa shape index (κ2) is 9.15. The summed E-state index contributed by atoms with van der Waals surface area (Å²) in [5, 5.41) is 0.911. The Balaban J connectivity index is 1.94. The number of aliphatic imine (C=N–C) groups is 1. The van der Waals surface area contributed by atoms with E-state index in [1.807, 2.05) is 11.0 Å². The predicted octanol–water partition coefficient (Wildman–Crippen LogP) is 4.50. The molecule has 2 aromatic rings. The van der Waals surface area contributed by atoms with Crippen molar-refractivity contribution in [1.29, 1.82) is 0 Å². The number of anilines is 1. The van der Waals surface area contributed by atoms with Gasteiger partial charge in [-0.2, -0.15) is 0 Å². The number of ketones is 1. The molecule has 0 amide bonds. The molecule has 1 heterocycles. The summed E-state index contributed by atoms with van der Waals surface area (Å²) in [7, 11) is 3.15. The second-order valence-electron chi connectivity index (χ2n) is 6.66. The zero-order valence-corrected chi connectivity index (χ0v) is 17.6. The van der Waals surface area contributed by atoms with Gasteiger partial charge in [-0.3, -0.25) is 9.79 Å². The van der Waals surface area contributed by atoms with Gasteiger partial charge in [-0.1, -0.05) is 23.9 Å². The lowest BCUT2D eigenvalue weighted by atomic mass is 10.1. The molecule has 148 valence electrons. The molecular weight excluding hydrogens is 372 g/mol. The second-order valence-corrected chi connectivity index (χ2v) is 7.73. The summed E-state index contributed by atoms with van der Waals surface area (Å²) >= 11 is 1.71. The van der Waals surface area contributed by atoms with Gasteiger partial charge in [0.1, 0.15) is 0 Å². The van der Waals surface area contributed by atoms with E-state index in [-0.39, 0.29) is 12.3 Å². The number of benzene rings is 2. The summed E-state index contributed by atoms with van der Waals surface area (Å²) in [6.45, 7) is 5.20. The number of thioether (sulfide) groups is 1. The fourth-order valence-corrected chi connectivity index (χ4v) is 4.10. The van der Waals surface area contributed by atoms with E-state index in [1.54, 1.807) is 44.2 Å². The Morgan fingerprint density at radius 3 is 2.61 bits per heavy atom. The lowest BCUT2D eigenvalue weighted by Gasteiger charge is -2.29. The minimum absolute atomic E-state index is 0.00994. The normalized spacial score (nSPS) is 13.6. The first-order valence-corrected chi connectivity index (χ1v) is 10.3. The number of hydrogen-bond acceptors (Lipinski definition) is 6. The van der Waals surface area contributed by atoms with Gasteiger partial charge in [0.15, 0.2) is 22.4 Å². The standard InChI is InChI=1S/C22H26N2O3S/c1-15-7-5-8-18(16(15)2)24(22-23-11-6-12-28-22)14-19(25)17-9-10-20(26-3)21(13-17)27-4/h5,7-10,13H,6,11-12,14H2,1-4H3. The van der Waals surface area contributed by atoms with Gasteiger partial charge < -0.3 is 14.4 Å². The average molecular weight is 399 g/mol. The number of Topliss-reactive ketones (excluding diaryl/α,β-unsaturated/α-hetero) is 1. The van der Waals surface area contributed by atoms with Crippen molar-refractivity contribution in [2.75, 3.05) is 38.0 Å². The average Bonchev–Trinajstić information content (AvgIpc) is 2.74. The van der Waals surface area contributed by atoms with Crippen molar-refractivity contribution in [3.05, 3.63) is 53.1 Å². The third-order valence-corrected chi connectivity index (χ3v) is 5.99. The first kappa shape index (κ1) is 20.3. The van der Waals surface area contributed by atoms with Crippen LogP contribution in [0.1, 0.15) is 27.9 Å². The van der Waals surface area contributed by atoms with E-state index in [9.17, 15) is 4.79 Å². The molecule has 0 spiro atoms. The maximum absolute atomic E-state index is 13.1. The fourth-order valence-electron chi connectivity index (χ4n) is 3.14. The number of hydrogen-bond donors (Lipinski definition) is 0. The van der Waals surface area contributed by atoms with Crippen molar-refractivity contribution in [2.24, 2.45) is 4.99 Å². The van der Waals surface area contributed by atoms with Crippen molar-refractivity contribution < 1.29 is 14.3 Å². The molecule has 0 saturated heterocycles. The number of carbonyl (C=O) groups is 1. The summed E-state index contributed by atoms with van der Waals surface area (Å²) < 4.78 is 10.6. The quantitative estimate of drug-likeness (QED) is 0.671.